The molecule has 1 aromatic rings. The van der Waals surface area contributed by atoms with Gasteiger partial charge in [-0.1, -0.05) is 24.3 Å². The van der Waals surface area contributed by atoms with E-state index in [1.807, 2.05) is 0 Å². The minimum absolute atomic E-state index is 0.602. The average molecular weight is 190 g/mol. The van der Waals surface area contributed by atoms with Gasteiger partial charge in [0.25, 0.3) is 0 Å². The first-order valence-electron chi connectivity index (χ1n) is 5.35. The highest BCUT2D eigenvalue weighted by molar-refractivity contribution is 5.26. The lowest BCUT2D eigenvalue weighted by Gasteiger charge is -2.25. The van der Waals surface area contributed by atoms with E-state index in [2.05, 4.69) is 41.8 Å². The molecule has 0 radical (unpaired) electrons. The van der Waals surface area contributed by atoms with Crippen molar-refractivity contribution >= 4 is 0 Å². The lowest BCUT2D eigenvalue weighted by Crippen LogP contribution is -2.49. The van der Waals surface area contributed by atoms with E-state index < -0.39 is 0 Å². The third-order valence-corrected chi connectivity index (χ3v) is 2.85. The normalized spacial score (nSPS) is 22.2. The lowest BCUT2D eigenvalue weighted by atomic mass is 10.0. The Morgan fingerprint density at radius 1 is 1.29 bits per heavy atom. The van der Waals surface area contributed by atoms with Crippen LogP contribution in [0.1, 0.15) is 11.1 Å². The van der Waals surface area contributed by atoms with Crippen LogP contribution in [0.3, 0.4) is 0 Å². The van der Waals surface area contributed by atoms with Crippen LogP contribution >= 0.6 is 0 Å². The molecule has 0 spiro atoms. The van der Waals surface area contributed by atoms with Gasteiger partial charge >= 0.3 is 0 Å². The van der Waals surface area contributed by atoms with Crippen molar-refractivity contribution in [2.75, 3.05) is 19.6 Å². The maximum absolute atomic E-state index is 3.53. The fourth-order valence-electron chi connectivity index (χ4n) is 1.96. The Bertz CT molecular complexity index is 290. The van der Waals surface area contributed by atoms with Gasteiger partial charge in [0.2, 0.25) is 0 Å². The molecule has 0 amide bonds. The second-order valence-corrected chi connectivity index (χ2v) is 3.99. The van der Waals surface area contributed by atoms with Crippen LogP contribution in [-0.2, 0) is 6.42 Å². The van der Waals surface area contributed by atoms with Gasteiger partial charge in [-0.3, -0.25) is 0 Å². The Labute approximate surface area is 85.7 Å². The maximum Gasteiger partial charge on any atom is 0.0233 e. The van der Waals surface area contributed by atoms with Crippen LogP contribution in [-0.4, -0.2) is 25.7 Å². The van der Waals surface area contributed by atoms with E-state index in [9.17, 15) is 0 Å². The van der Waals surface area contributed by atoms with Crippen LogP contribution in [0.15, 0.2) is 24.3 Å². The summed E-state index contributed by atoms with van der Waals surface area (Å²) in [5.74, 6) is 0. The van der Waals surface area contributed by atoms with Crippen molar-refractivity contribution < 1.29 is 0 Å². The highest BCUT2D eigenvalue weighted by Gasteiger charge is 2.12. The molecule has 1 aromatic carbocycles. The first-order valence-corrected chi connectivity index (χ1v) is 5.35. The average Bonchev–Trinajstić information content (AvgIpc) is 2.23. The summed E-state index contributed by atoms with van der Waals surface area (Å²) in [5.41, 5.74) is 2.87. The summed E-state index contributed by atoms with van der Waals surface area (Å²) >= 11 is 0. The number of nitrogens with one attached hydrogen (secondary N) is 2. The van der Waals surface area contributed by atoms with E-state index in [1.54, 1.807) is 0 Å². The number of rotatable bonds is 2. The van der Waals surface area contributed by atoms with Gasteiger partial charge < -0.3 is 10.6 Å². The van der Waals surface area contributed by atoms with Crippen LogP contribution in [0.2, 0.25) is 0 Å². The predicted molar refractivity (Wildman–Crippen MR) is 59.5 cm³/mol. The molecule has 0 bridgehead atoms. The monoisotopic (exact) mass is 190 g/mol. The molecule has 1 atom stereocenters. The molecule has 1 aliphatic heterocycles. The van der Waals surface area contributed by atoms with E-state index in [1.165, 1.54) is 11.1 Å². The Kier molecular flexibility index (Phi) is 3.17. The summed E-state index contributed by atoms with van der Waals surface area (Å²) in [4.78, 5) is 0. The van der Waals surface area contributed by atoms with Gasteiger partial charge in [-0.05, 0) is 24.5 Å². The van der Waals surface area contributed by atoms with Gasteiger partial charge in [-0.25, -0.2) is 0 Å². The number of benzene rings is 1. The molecule has 1 aliphatic rings. The lowest BCUT2D eigenvalue weighted by molar-refractivity contribution is 0.416. The predicted octanol–water partition coefficient (Wildman–Crippen LogP) is 1.10. The zero-order valence-electron chi connectivity index (χ0n) is 8.72. The Morgan fingerprint density at radius 3 is 2.86 bits per heavy atom. The van der Waals surface area contributed by atoms with Crippen LogP contribution in [0.5, 0.6) is 0 Å². The van der Waals surface area contributed by atoms with Crippen molar-refractivity contribution in [1.29, 1.82) is 0 Å². The van der Waals surface area contributed by atoms with E-state index in [4.69, 9.17) is 0 Å². The van der Waals surface area contributed by atoms with Gasteiger partial charge in [-0.15, -0.1) is 0 Å². The number of hydrogen-bond donors (Lipinski definition) is 2. The van der Waals surface area contributed by atoms with Crippen LogP contribution in [0.25, 0.3) is 0 Å². The summed E-state index contributed by atoms with van der Waals surface area (Å²) in [6.07, 6.45) is 1.14. The van der Waals surface area contributed by atoms with Crippen molar-refractivity contribution in [3.05, 3.63) is 35.4 Å². The Morgan fingerprint density at radius 2 is 2.14 bits per heavy atom. The Hall–Kier alpha value is -0.860. The van der Waals surface area contributed by atoms with Gasteiger partial charge in [0.15, 0.2) is 0 Å². The van der Waals surface area contributed by atoms with E-state index in [-0.39, 0.29) is 0 Å². The molecule has 76 valence electrons. The summed E-state index contributed by atoms with van der Waals surface area (Å²) in [5, 5.41) is 6.94. The van der Waals surface area contributed by atoms with E-state index >= 15 is 0 Å². The highest BCUT2D eigenvalue weighted by Crippen LogP contribution is 2.09. The van der Waals surface area contributed by atoms with Crippen molar-refractivity contribution in [2.24, 2.45) is 0 Å². The summed E-state index contributed by atoms with van der Waals surface area (Å²) < 4.78 is 0. The smallest absolute Gasteiger partial charge is 0.0233 e. The fourth-order valence-corrected chi connectivity index (χ4v) is 1.96. The zero-order valence-corrected chi connectivity index (χ0v) is 8.72. The number of hydrogen-bond acceptors (Lipinski definition) is 2. The first-order chi connectivity index (χ1) is 6.86. The fraction of sp³-hybridized carbons (Fsp3) is 0.500. The van der Waals surface area contributed by atoms with Gasteiger partial charge in [0, 0.05) is 25.7 Å². The molecule has 0 aliphatic carbocycles. The molecule has 1 fully saturated rings. The first kappa shape index (κ1) is 9.69. The molecule has 2 heteroatoms. The molecule has 2 rings (SSSR count). The summed E-state index contributed by atoms with van der Waals surface area (Å²) in [7, 11) is 0. The van der Waals surface area contributed by atoms with Crippen LogP contribution in [0, 0.1) is 6.92 Å². The van der Waals surface area contributed by atoms with Crippen LogP contribution < -0.4 is 10.6 Å². The van der Waals surface area contributed by atoms with Gasteiger partial charge in [0.1, 0.15) is 0 Å². The largest absolute Gasteiger partial charge is 0.314 e. The van der Waals surface area contributed by atoms with Crippen molar-refractivity contribution in [1.82, 2.24) is 10.6 Å². The molecule has 2 N–H and O–H groups in total. The molecular formula is C12H18N2. The molecule has 1 saturated heterocycles. The molecule has 2 nitrogen and oxygen atoms in total. The zero-order chi connectivity index (χ0) is 9.80. The summed E-state index contributed by atoms with van der Waals surface area (Å²) in [6.45, 7) is 5.47. The third kappa shape index (κ3) is 2.34. The maximum atomic E-state index is 3.53. The SMILES string of the molecule is Cc1ccccc1CC1CNCCN1. The van der Waals surface area contributed by atoms with Crippen LogP contribution in [0.4, 0.5) is 0 Å². The minimum atomic E-state index is 0.602. The second-order valence-electron chi connectivity index (χ2n) is 3.99. The van der Waals surface area contributed by atoms with Crippen molar-refractivity contribution in [3.63, 3.8) is 0 Å². The number of piperazine rings is 1. The molecule has 0 aromatic heterocycles. The van der Waals surface area contributed by atoms with E-state index in [0.717, 1.165) is 26.1 Å². The topological polar surface area (TPSA) is 24.1 Å². The van der Waals surface area contributed by atoms with Gasteiger partial charge in [0.05, 0.1) is 0 Å². The summed E-state index contributed by atoms with van der Waals surface area (Å²) in [6, 6.07) is 9.24. The molecule has 14 heavy (non-hydrogen) atoms. The third-order valence-electron chi connectivity index (χ3n) is 2.85. The van der Waals surface area contributed by atoms with E-state index in [0.29, 0.717) is 6.04 Å². The molecule has 1 unspecified atom stereocenters. The molecule has 0 saturated carbocycles. The number of aryl methyl sites for hydroxylation is 1. The minimum Gasteiger partial charge on any atom is -0.314 e. The quantitative estimate of drug-likeness (QED) is 0.729. The second kappa shape index (κ2) is 4.58. The molecular weight excluding hydrogens is 172 g/mol. The Balaban J connectivity index is 1.99. The van der Waals surface area contributed by atoms with Crippen molar-refractivity contribution in [3.8, 4) is 0 Å². The standard InChI is InChI=1S/C12H18N2/c1-10-4-2-3-5-11(10)8-12-9-13-6-7-14-12/h2-5,12-14H,6-9H2,1H3. The molecule has 1 heterocycles. The highest BCUT2D eigenvalue weighted by atomic mass is 15.0. The van der Waals surface area contributed by atoms with Crippen molar-refractivity contribution in [2.45, 2.75) is 19.4 Å². The van der Waals surface area contributed by atoms with Gasteiger partial charge in [-0.2, -0.15) is 0 Å².